The van der Waals surface area contributed by atoms with E-state index >= 15 is 0 Å². The minimum atomic E-state index is -1.05. The quantitative estimate of drug-likeness (QED) is 0.817. The zero-order valence-electron chi connectivity index (χ0n) is 10.2. The van der Waals surface area contributed by atoms with E-state index in [4.69, 9.17) is 5.73 Å². The average molecular weight is 262 g/mol. The fraction of sp³-hybridized carbons (Fsp3) is 0.0714. The van der Waals surface area contributed by atoms with E-state index in [9.17, 15) is 13.6 Å². The Morgan fingerprint density at radius 2 is 1.84 bits per heavy atom. The number of nitrogens with one attached hydrogen (secondary N) is 1. The summed E-state index contributed by atoms with van der Waals surface area (Å²) >= 11 is 0. The van der Waals surface area contributed by atoms with Crippen molar-refractivity contribution in [1.29, 1.82) is 0 Å². The van der Waals surface area contributed by atoms with E-state index in [1.807, 2.05) is 0 Å². The summed E-state index contributed by atoms with van der Waals surface area (Å²) in [5.74, 6) is -2.55. The SMILES string of the molecule is Cc1cc(N)ccc1NC(=O)c1ccc(F)c(F)c1. The maximum Gasteiger partial charge on any atom is 0.255 e. The van der Waals surface area contributed by atoms with Crippen molar-refractivity contribution in [3.63, 3.8) is 0 Å². The Labute approximate surface area is 109 Å². The maximum atomic E-state index is 13.0. The zero-order valence-corrected chi connectivity index (χ0v) is 10.2. The molecule has 0 aliphatic heterocycles. The number of amides is 1. The van der Waals surface area contributed by atoms with Crippen LogP contribution in [0.3, 0.4) is 0 Å². The first kappa shape index (κ1) is 13.0. The van der Waals surface area contributed by atoms with E-state index in [0.717, 1.165) is 17.7 Å². The van der Waals surface area contributed by atoms with Gasteiger partial charge in [-0.3, -0.25) is 4.79 Å². The molecule has 0 atom stereocenters. The van der Waals surface area contributed by atoms with Crippen LogP contribution in [-0.2, 0) is 0 Å². The van der Waals surface area contributed by atoms with Crippen molar-refractivity contribution in [3.8, 4) is 0 Å². The number of hydrogen-bond acceptors (Lipinski definition) is 2. The number of benzene rings is 2. The van der Waals surface area contributed by atoms with Gasteiger partial charge < -0.3 is 11.1 Å². The number of hydrogen-bond donors (Lipinski definition) is 2. The standard InChI is InChI=1S/C14H12F2N2O/c1-8-6-10(17)3-5-13(8)18-14(19)9-2-4-11(15)12(16)7-9/h2-7H,17H2,1H3,(H,18,19). The zero-order chi connectivity index (χ0) is 14.0. The number of carbonyl (C=O) groups excluding carboxylic acids is 1. The van der Waals surface area contributed by atoms with Crippen molar-refractivity contribution in [3.05, 3.63) is 59.2 Å². The number of nitrogens with two attached hydrogens (primary N) is 1. The van der Waals surface area contributed by atoms with Crippen molar-refractivity contribution in [2.75, 3.05) is 11.1 Å². The van der Waals surface area contributed by atoms with E-state index in [0.29, 0.717) is 11.4 Å². The Balaban J connectivity index is 2.23. The highest BCUT2D eigenvalue weighted by atomic mass is 19.2. The minimum Gasteiger partial charge on any atom is -0.399 e. The Morgan fingerprint density at radius 1 is 1.11 bits per heavy atom. The molecule has 0 heterocycles. The molecule has 19 heavy (non-hydrogen) atoms. The lowest BCUT2D eigenvalue weighted by atomic mass is 10.1. The van der Waals surface area contributed by atoms with E-state index in [2.05, 4.69) is 5.32 Å². The number of nitrogen functional groups attached to an aromatic ring is 1. The molecule has 0 bridgehead atoms. The van der Waals surface area contributed by atoms with Gasteiger partial charge in [0.25, 0.3) is 5.91 Å². The van der Waals surface area contributed by atoms with Crippen LogP contribution in [0.4, 0.5) is 20.2 Å². The molecule has 2 aromatic rings. The van der Waals surface area contributed by atoms with E-state index < -0.39 is 17.5 Å². The second-order valence-electron chi connectivity index (χ2n) is 4.16. The van der Waals surface area contributed by atoms with Crippen LogP contribution < -0.4 is 11.1 Å². The minimum absolute atomic E-state index is 0.0510. The van der Waals surface area contributed by atoms with Gasteiger partial charge in [-0.05, 0) is 48.9 Å². The molecule has 0 fully saturated rings. The summed E-state index contributed by atoms with van der Waals surface area (Å²) in [6.45, 7) is 1.79. The molecule has 0 unspecified atom stereocenters. The van der Waals surface area contributed by atoms with Gasteiger partial charge in [-0.1, -0.05) is 0 Å². The van der Waals surface area contributed by atoms with Crippen LogP contribution in [0.1, 0.15) is 15.9 Å². The summed E-state index contributed by atoms with van der Waals surface area (Å²) in [4.78, 5) is 11.9. The first-order valence-corrected chi connectivity index (χ1v) is 5.60. The van der Waals surface area contributed by atoms with Crippen molar-refractivity contribution in [2.24, 2.45) is 0 Å². The summed E-state index contributed by atoms with van der Waals surface area (Å²) in [6.07, 6.45) is 0. The number of halogens is 2. The van der Waals surface area contributed by atoms with Gasteiger partial charge in [0.05, 0.1) is 0 Å². The topological polar surface area (TPSA) is 55.1 Å². The Bertz CT molecular complexity index is 641. The van der Waals surface area contributed by atoms with E-state index in [1.165, 1.54) is 6.07 Å². The largest absolute Gasteiger partial charge is 0.399 e. The van der Waals surface area contributed by atoms with Crippen LogP contribution in [-0.4, -0.2) is 5.91 Å². The van der Waals surface area contributed by atoms with E-state index in [-0.39, 0.29) is 5.56 Å². The maximum absolute atomic E-state index is 13.0. The van der Waals surface area contributed by atoms with Gasteiger partial charge in [0.15, 0.2) is 11.6 Å². The summed E-state index contributed by atoms with van der Waals surface area (Å²) in [5, 5.41) is 2.62. The summed E-state index contributed by atoms with van der Waals surface area (Å²) in [5.41, 5.74) is 7.60. The Morgan fingerprint density at radius 3 is 2.47 bits per heavy atom. The number of aryl methyl sites for hydroxylation is 1. The van der Waals surface area contributed by atoms with Crippen LogP contribution in [0.2, 0.25) is 0 Å². The van der Waals surface area contributed by atoms with Gasteiger partial charge >= 0.3 is 0 Å². The van der Waals surface area contributed by atoms with E-state index in [1.54, 1.807) is 25.1 Å². The molecule has 3 nitrogen and oxygen atoms in total. The summed E-state index contributed by atoms with van der Waals surface area (Å²) in [6, 6.07) is 8.01. The van der Waals surface area contributed by atoms with Gasteiger partial charge in [-0.15, -0.1) is 0 Å². The van der Waals surface area contributed by atoms with Crippen LogP contribution in [0.15, 0.2) is 36.4 Å². The van der Waals surface area contributed by atoms with Gasteiger partial charge in [0, 0.05) is 16.9 Å². The predicted octanol–water partition coefficient (Wildman–Crippen LogP) is 3.11. The third-order valence-corrected chi connectivity index (χ3v) is 2.68. The molecule has 2 rings (SSSR count). The summed E-state index contributed by atoms with van der Waals surface area (Å²) < 4.78 is 25.8. The number of carbonyl (C=O) groups is 1. The lowest BCUT2D eigenvalue weighted by molar-refractivity contribution is 0.102. The molecule has 1 amide bonds. The summed E-state index contributed by atoms with van der Waals surface area (Å²) in [7, 11) is 0. The van der Waals surface area contributed by atoms with Gasteiger partial charge in [0.2, 0.25) is 0 Å². The highest BCUT2D eigenvalue weighted by Crippen LogP contribution is 2.19. The highest BCUT2D eigenvalue weighted by molar-refractivity contribution is 6.04. The van der Waals surface area contributed by atoms with Gasteiger partial charge in [0.1, 0.15) is 0 Å². The third-order valence-electron chi connectivity index (χ3n) is 2.68. The van der Waals surface area contributed by atoms with Crippen molar-refractivity contribution < 1.29 is 13.6 Å². The van der Waals surface area contributed by atoms with Gasteiger partial charge in [-0.25, -0.2) is 8.78 Å². The second kappa shape index (κ2) is 5.06. The molecular formula is C14H12F2N2O. The fourth-order valence-electron chi connectivity index (χ4n) is 1.66. The molecule has 0 aliphatic carbocycles. The fourth-order valence-corrected chi connectivity index (χ4v) is 1.66. The molecule has 5 heteroatoms. The van der Waals surface area contributed by atoms with Crippen LogP contribution >= 0.6 is 0 Å². The van der Waals surface area contributed by atoms with Crippen molar-refractivity contribution in [1.82, 2.24) is 0 Å². The Kier molecular flexibility index (Phi) is 3.46. The third kappa shape index (κ3) is 2.88. The number of anilines is 2. The monoisotopic (exact) mass is 262 g/mol. The molecule has 2 aromatic carbocycles. The van der Waals surface area contributed by atoms with Crippen molar-refractivity contribution >= 4 is 17.3 Å². The molecule has 0 radical (unpaired) electrons. The Hall–Kier alpha value is -2.43. The predicted molar refractivity (Wildman–Crippen MR) is 69.9 cm³/mol. The first-order valence-electron chi connectivity index (χ1n) is 5.60. The molecule has 3 N–H and O–H groups in total. The lowest BCUT2D eigenvalue weighted by Crippen LogP contribution is -2.13. The number of rotatable bonds is 2. The lowest BCUT2D eigenvalue weighted by Gasteiger charge is -2.09. The van der Waals surface area contributed by atoms with Crippen LogP contribution in [0.5, 0.6) is 0 Å². The van der Waals surface area contributed by atoms with Crippen LogP contribution in [0, 0.1) is 18.6 Å². The normalized spacial score (nSPS) is 10.3. The van der Waals surface area contributed by atoms with Crippen LogP contribution in [0.25, 0.3) is 0 Å². The molecule has 0 saturated carbocycles. The molecule has 98 valence electrons. The average Bonchev–Trinajstić information content (AvgIpc) is 2.36. The molecule has 0 aliphatic rings. The molecule has 0 aromatic heterocycles. The van der Waals surface area contributed by atoms with Crippen molar-refractivity contribution in [2.45, 2.75) is 6.92 Å². The smallest absolute Gasteiger partial charge is 0.255 e. The molecular weight excluding hydrogens is 250 g/mol. The first-order chi connectivity index (χ1) is 8.97. The molecule has 0 spiro atoms. The highest BCUT2D eigenvalue weighted by Gasteiger charge is 2.11. The van der Waals surface area contributed by atoms with Gasteiger partial charge in [-0.2, -0.15) is 0 Å². The molecule has 0 saturated heterocycles. The second-order valence-corrected chi connectivity index (χ2v) is 4.16.